The smallest absolute Gasteiger partial charge is 0.411 e. The first kappa shape index (κ1) is 24.2. The number of carbonyl (C=O) groups excluding carboxylic acids is 2. The molecule has 6 heteroatoms. The predicted molar refractivity (Wildman–Crippen MR) is 135 cm³/mol. The Balaban J connectivity index is 1.49. The van der Waals surface area contributed by atoms with E-state index in [1.165, 1.54) is 0 Å². The summed E-state index contributed by atoms with van der Waals surface area (Å²) in [6.07, 6.45) is -0.540. The normalized spacial score (nSPS) is 25.8. The highest BCUT2D eigenvalue weighted by Gasteiger charge is 2.58. The van der Waals surface area contributed by atoms with Gasteiger partial charge in [-0.25, -0.2) is 4.79 Å². The molecular weight excluding hydrogens is 454 g/mol. The predicted octanol–water partition coefficient (Wildman–Crippen LogP) is 5.64. The van der Waals surface area contributed by atoms with E-state index in [9.17, 15) is 9.59 Å². The molecule has 1 saturated heterocycles. The Morgan fingerprint density at radius 2 is 1.50 bits per heavy atom. The lowest BCUT2D eigenvalue weighted by Gasteiger charge is -2.40. The van der Waals surface area contributed by atoms with Crippen LogP contribution in [0.4, 0.5) is 4.79 Å². The summed E-state index contributed by atoms with van der Waals surface area (Å²) in [5.74, 6) is 0.0551. The molecule has 0 aromatic heterocycles. The van der Waals surface area contributed by atoms with Crippen LogP contribution in [0.25, 0.3) is 0 Å². The van der Waals surface area contributed by atoms with E-state index in [1.54, 1.807) is 4.90 Å². The number of amides is 1. The van der Waals surface area contributed by atoms with Crippen molar-refractivity contribution in [2.75, 3.05) is 13.2 Å². The van der Waals surface area contributed by atoms with E-state index < -0.39 is 29.9 Å². The summed E-state index contributed by atoms with van der Waals surface area (Å²) in [4.78, 5) is 28.2. The fraction of sp³-hybridized carbons (Fsp3) is 0.333. The summed E-state index contributed by atoms with van der Waals surface area (Å²) in [6.45, 7) is 2.91. The molecular formula is C30H31NO5. The van der Waals surface area contributed by atoms with Crippen LogP contribution in [0.15, 0.2) is 91.0 Å². The minimum Gasteiger partial charge on any atom is -0.439 e. The van der Waals surface area contributed by atoms with Crippen molar-refractivity contribution >= 4 is 11.9 Å². The number of Topliss-reactive ketones (excluding diaryl/α,β-unsaturated/α-hetero) is 1. The van der Waals surface area contributed by atoms with Gasteiger partial charge in [0, 0.05) is 19.4 Å². The molecule has 1 heterocycles. The molecule has 36 heavy (non-hydrogen) atoms. The highest BCUT2D eigenvalue weighted by molar-refractivity contribution is 5.85. The summed E-state index contributed by atoms with van der Waals surface area (Å²) in [6, 6.07) is 28.6. The number of nitrogens with zero attached hydrogens (tertiary/aromatic N) is 1. The second-order valence-corrected chi connectivity index (χ2v) is 9.39. The van der Waals surface area contributed by atoms with Crippen LogP contribution in [0.3, 0.4) is 0 Å². The van der Waals surface area contributed by atoms with Crippen LogP contribution in [0.5, 0.6) is 0 Å². The summed E-state index contributed by atoms with van der Waals surface area (Å²) in [5, 5.41) is 0. The molecule has 1 aliphatic carbocycles. The molecule has 2 aliphatic rings. The molecule has 4 atom stereocenters. The van der Waals surface area contributed by atoms with Crippen LogP contribution in [0.2, 0.25) is 0 Å². The quantitative estimate of drug-likeness (QED) is 0.392. The number of carbonyl (C=O) groups is 2. The maximum atomic E-state index is 13.5. The molecule has 0 spiro atoms. The van der Waals surface area contributed by atoms with E-state index in [2.05, 4.69) is 0 Å². The number of benzene rings is 3. The van der Waals surface area contributed by atoms with Crippen LogP contribution in [-0.4, -0.2) is 41.6 Å². The van der Waals surface area contributed by atoms with Gasteiger partial charge in [0.05, 0.1) is 19.3 Å². The first-order valence-electron chi connectivity index (χ1n) is 12.5. The Bertz CT molecular complexity index is 1170. The van der Waals surface area contributed by atoms with Gasteiger partial charge >= 0.3 is 6.09 Å². The number of ketones is 1. The Kier molecular flexibility index (Phi) is 7.16. The van der Waals surface area contributed by atoms with E-state index in [4.69, 9.17) is 14.2 Å². The van der Waals surface area contributed by atoms with E-state index in [-0.39, 0.29) is 25.2 Å². The highest BCUT2D eigenvalue weighted by atomic mass is 16.6. The van der Waals surface area contributed by atoms with Crippen molar-refractivity contribution in [3.63, 3.8) is 0 Å². The van der Waals surface area contributed by atoms with Gasteiger partial charge in [-0.2, -0.15) is 0 Å². The first-order chi connectivity index (χ1) is 17.6. The second kappa shape index (κ2) is 10.6. The monoisotopic (exact) mass is 485 g/mol. The summed E-state index contributed by atoms with van der Waals surface area (Å²) >= 11 is 0. The maximum Gasteiger partial charge on any atom is 0.411 e. The van der Waals surface area contributed by atoms with E-state index in [0.29, 0.717) is 13.2 Å². The average molecular weight is 486 g/mol. The van der Waals surface area contributed by atoms with Gasteiger partial charge < -0.3 is 14.2 Å². The first-order valence-corrected chi connectivity index (χ1v) is 12.5. The van der Waals surface area contributed by atoms with Crippen molar-refractivity contribution in [2.24, 2.45) is 0 Å². The van der Waals surface area contributed by atoms with Crippen molar-refractivity contribution in [2.45, 2.75) is 50.2 Å². The maximum absolute atomic E-state index is 13.5. The number of cyclic esters (lactones) is 1. The van der Waals surface area contributed by atoms with E-state index in [1.807, 2.05) is 97.9 Å². The third kappa shape index (κ3) is 4.79. The molecule has 1 amide bonds. The molecule has 0 unspecified atom stereocenters. The Hall–Kier alpha value is -3.48. The molecule has 186 valence electrons. The van der Waals surface area contributed by atoms with Gasteiger partial charge in [-0.15, -0.1) is 0 Å². The summed E-state index contributed by atoms with van der Waals surface area (Å²) in [5.41, 5.74) is 1.95. The van der Waals surface area contributed by atoms with Crippen LogP contribution in [-0.2, 0) is 25.6 Å². The van der Waals surface area contributed by atoms with Crippen LogP contribution >= 0.6 is 0 Å². The van der Waals surface area contributed by atoms with Gasteiger partial charge in [-0.1, -0.05) is 91.0 Å². The van der Waals surface area contributed by atoms with Gasteiger partial charge in [0.25, 0.3) is 0 Å². The minimum absolute atomic E-state index is 0.0551. The fourth-order valence-corrected chi connectivity index (χ4v) is 5.51. The number of hydrogen-bond donors (Lipinski definition) is 0. The van der Waals surface area contributed by atoms with Crippen LogP contribution in [0, 0.1) is 0 Å². The minimum atomic E-state index is -0.946. The largest absolute Gasteiger partial charge is 0.439 e. The molecule has 0 bridgehead atoms. The number of ether oxygens (including phenoxy) is 3. The average Bonchev–Trinajstić information content (AvgIpc) is 3.41. The van der Waals surface area contributed by atoms with Gasteiger partial charge in [0.1, 0.15) is 17.4 Å². The standard InChI is InChI=1S/C30H31NO5/c1-2-35-30(21-34-20-22-12-6-3-7-13-22)19-25(32)18-26(30)31-27(23-14-8-4-9-15-23)28(36-29(31)33)24-16-10-5-11-17-24/h3-17,26-28H,2,18-21H2,1H3/t26-,27-,28+,30+/m0/s1. The molecule has 6 nitrogen and oxygen atoms in total. The van der Waals surface area contributed by atoms with Gasteiger partial charge in [-0.3, -0.25) is 9.69 Å². The van der Waals surface area contributed by atoms with Crippen molar-refractivity contribution in [3.05, 3.63) is 108 Å². The summed E-state index contributed by atoms with van der Waals surface area (Å²) in [7, 11) is 0. The molecule has 5 rings (SSSR count). The molecule has 3 aromatic rings. The van der Waals surface area contributed by atoms with Crippen molar-refractivity contribution in [1.29, 1.82) is 0 Å². The van der Waals surface area contributed by atoms with Crippen LogP contribution < -0.4 is 0 Å². The molecule has 0 N–H and O–H groups in total. The molecule has 1 aliphatic heterocycles. The molecule has 3 aromatic carbocycles. The number of rotatable bonds is 9. The molecule has 0 radical (unpaired) electrons. The zero-order valence-electron chi connectivity index (χ0n) is 20.4. The van der Waals surface area contributed by atoms with Crippen molar-refractivity contribution in [3.8, 4) is 0 Å². The fourth-order valence-electron chi connectivity index (χ4n) is 5.51. The molecule has 1 saturated carbocycles. The highest BCUT2D eigenvalue weighted by Crippen LogP contribution is 2.49. The topological polar surface area (TPSA) is 65.1 Å². The third-order valence-electron chi connectivity index (χ3n) is 7.04. The second-order valence-electron chi connectivity index (χ2n) is 9.39. The Labute approximate surface area is 211 Å². The Morgan fingerprint density at radius 3 is 2.14 bits per heavy atom. The zero-order valence-corrected chi connectivity index (χ0v) is 20.4. The van der Waals surface area contributed by atoms with Crippen molar-refractivity contribution < 1.29 is 23.8 Å². The van der Waals surface area contributed by atoms with E-state index in [0.717, 1.165) is 16.7 Å². The van der Waals surface area contributed by atoms with Gasteiger partial charge in [0.2, 0.25) is 0 Å². The SMILES string of the molecule is CCO[C@@]1(COCc2ccccc2)CC(=O)C[C@@H]1N1C(=O)O[C@H](c2ccccc2)[C@@H]1c1ccccc1. The lowest BCUT2D eigenvalue weighted by Crippen LogP contribution is -2.54. The zero-order chi connectivity index (χ0) is 25.0. The lowest BCUT2D eigenvalue weighted by atomic mass is 9.90. The van der Waals surface area contributed by atoms with Gasteiger partial charge in [-0.05, 0) is 23.6 Å². The number of hydrogen-bond acceptors (Lipinski definition) is 5. The van der Waals surface area contributed by atoms with E-state index >= 15 is 0 Å². The molecule has 2 fully saturated rings. The Morgan fingerprint density at radius 1 is 0.889 bits per heavy atom. The van der Waals surface area contributed by atoms with Crippen molar-refractivity contribution in [1.82, 2.24) is 4.90 Å². The lowest BCUT2D eigenvalue weighted by molar-refractivity contribution is -0.132. The van der Waals surface area contributed by atoms with Gasteiger partial charge in [0.15, 0.2) is 6.10 Å². The summed E-state index contributed by atoms with van der Waals surface area (Å²) < 4.78 is 18.4. The van der Waals surface area contributed by atoms with Crippen LogP contribution in [0.1, 0.15) is 48.6 Å². The third-order valence-corrected chi connectivity index (χ3v) is 7.04.